The van der Waals surface area contributed by atoms with Crippen molar-refractivity contribution < 1.29 is 9.21 Å². The third-order valence-corrected chi connectivity index (χ3v) is 4.85. The van der Waals surface area contributed by atoms with Crippen molar-refractivity contribution in [3.05, 3.63) is 64.9 Å². The molecule has 9 nitrogen and oxygen atoms in total. The Morgan fingerprint density at radius 1 is 1.17 bits per heavy atom. The number of anilines is 1. The van der Waals surface area contributed by atoms with Gasteiger partial charge >= 0.3 is 5.69 Å². The van der Waals surface area contributed by atoms with Gasteiger partial charge in [-0.15, -0.1) is 0 Å². The number of rotatable bonds is 4. The molecule has 0 aliphatic carbocycles. The number of nitrogens with zero attached hydrogens (tertiary/aromatic N) is 3. The highest BCUT2D eigenvalue weighted by Crippen LogP contribution is 2.27. The number of fused-ring (bicyclic) bond motifs is 2. The number of pyridine rings is 1. The van der Waals surface area contributed by atoms with Gasteiger partial charge in [-0.25, -0.2) is 14.5 Å². The van der Waals surface area contributed by atoms with E-state index in [1.54, 1.807) is 53.5 Å². The van der Waals surface area contributed by atoms with Crippen molar-refractivity contribution >= 4 is 33.7 Å². The van der Waals surface area contributed by atoms with Crippen LogP contribution in [0.25, 0.3) is 33.5 Å². The Balaban J connectivity index is 1.60. The predicted octanol–water partition coefficient (Wildman–Crippen LogP) is 3.69. The Labute approximate surface area is 169 Å². The number of hydrogen-bond acceptors (Lipinski definition) is 5. The highest BCUT2D eigenvalue weighted by atomic mass is 16.3. The zero-order valence-electron chi connectivity index (χ0n) is 16.3. The molecule has 1 amide bonds. The Kier molecular flexibility index (Phi) is 4.02. The van der Waals surface area contributed by atoms with E-state index in [9.17, 15) is 9.59 Å². The standard InChI is InChI=1S/C21H18N6O3/c1-11(2)27-19-14(10-22-27)13(9-17(24-19)18-4-3-7-30-18)20(28)23-12-5-6-15-16(8-12)26-21(29)25-15/h3-11H,1-2H3,(H,23,28)(H2,25,26,29). The van der Waals surface area contributed by atoms with Crippen LogP contribution in [-0.4, -0.2) is 30.6 Å². The van der Waals surface area contributed by atoms with Crippen molar-refractivity contribution in [2.75, 3.05) is 5.32 Å². The van der Waals surface area contributed by atoms with Crippen LogP contribution in [0.4, 0.5) is 5.69 Å². The average Bonchev–Trinajstić information content (AvgIpc) is 3.45. The van der Waals surface area contributed by atoms with Gasteiger partial charge in [0.2, 0.25) is 0 Å². The second kappa shape index (κ2) is 6.73. The number of benzene rings is 1. The summed E-state index contributed by atoms with van der Waals surface area (Å²) in [5.74, 6) is 0.254. The number of furan rings is 1. The minimum atomic E-state index is -0.309. The second-order valence-electron chi connectivity index (χ2n) is 7.25. The Morgan fingerprint density at radius 2 is 2.00 bits per heavy atom. The third-order valence-electron chi connectivity index (χ3n) is 4.85. The summed E-state index contributed by atoms with van der Waals surface area (Å²) < 4.78 is 7.26. The number of aromatic amines is 2. The van der Waals surface area contributed by atoms with Crippen LogP contribution in [0.3, 0.4) is 0 Å². The predicted molar refractivity (Wildman–Crippen MR) is 112 cm³/mol. The molecule has 0 fully saturated rings. The van der Waals surface area contributed by atoms with Crippen molar-refractivity contribution in [1.82, 2.24) is 24.7 Å². The summed E-state index contributed by atoms with van der Waals surface area (Å²) >= 11 is 0. The lowest BCUT2D eigenvalue weighted by Gasteiger charge is -2.10. The molecule has 0 unspecified atom stereocenters. The summed E-state index contributed by atoms with van der Waals surface area (Å²) in [6.45, 7) is 4.00. The molecular weight excluding hydrogens is 384 g/mol. The van der Waals surface area contributed by atoms with E-state index in [1.165, 1.54) is 0 Å². The van der Waals surface area contributed by atoms with Gasteiger partial charge in [0.25, 0.3) is 5.91 Å². The highest BCUT2D eigenvalue weighted by molar-refractivity contribution is 6.12. The maximum Gasteiger partial charge on any atom is 0.323 e. The first-order valence-corrected chi connectivity index (χ1v) is 9.45. The van der Waals surface area contributed by atoms with Gasteiger partial charge in [0.05, 0.1) is 34.4 Å². The molecule has 0 aliphatic heterocycles. The number of carbonyl (C=O) groups is 1. The molecule has 30 heavy (non-hydrogen) atoms. The Morgan fingerprint density at radius 3 is 2.77 bits per heavy atom. The van der Waals surface area contributed by atoms with E-state index in [2.05, 4.69) is 25.4 Å². The van der Waals surface area contributed by atoms with Crippen LogP contribution < -0.4 is 11.0 Å². The first-order chi connectivity index (χ1) is 14.5. The minimum Gasteiger partial charge on any atom is -0.463 e. The molecule has 0 atom stereocenters. The Bertz CT molecular complexity index is 1440. The molecule has 5 rings (SSSR count). The van der Waals surface area contributed by atoms with Gasteiger partial charge in [-0.05, 0) is 50.2 Å². The van der Waals surface area contributed by atoms with Gasteiger partial charge in [-0.2, -0.15) is 5.10 Å². The lowest BCUT2D eigenvalue weighted by atomic mass is 10.1. The minimum absolute atomic E-state index is 0.0746. The summed E-state index contributed by atoms with van der Waals surface area (Å²) in [6, 6.07) is 10.5. The molecule has 4 heterocycles. The van der Waals surface area contributed by atoms with E-state index in [0.29, 0.717) is 44.8 Å². The molecule has 0 bridgehead atoms. The van der Waals surface area contributed by atoms with Gasteiger partial charge in [-0.1, -0.05) is 0 Å². The summed E-state index contributed by atoms with van der Waals surface area (Å²) in [7, 11) is 0. The fourth-order valence-corrected chi connectivity index (χ4v) is 3.44. The van der Waals surface area contributed by atoms with Crippen molar-refractivity contribution in [1.29, 1.82) is 0 Å². The van der Waals surface area contributed by atoms with Gasteiger partial charge in [0, 0.05) is 11.7 Å². The zero-order valence-corrected chi connectivity index (χ0v) is 16.3. The summed E-state index contributed by atoms with van der Waals surface area (Å²) in [5, 5.41) is 7.95. The van der Waals surface area contributed by atoms with Crippen molar-refractivity contribution in [2.45, 2.75) is 19.9 Å². The Hall–Kier alpha value is -4.14. The molecule has 0 saturated heterocycles. The maximum absolute atomic E-state index is 13.2. The normalized spacial score (nSPS) is 11.6. The molecule has 0 radical (unpaired) electrons. The van der Waals surface area contributed by atoms with Gasteiger partial charge in [0.15, 0.2) is 11.4 Å². The van der Waals surface area contributed by atoms with Gasteiger partial charge in [0.1, 0.15) is 5.69 Å². The fourth-order valence-electron chi connectivity index (χ4n) is 3.44. The van der Waals surface area contributed by atoms with Crippen molar-refractivity contribution in [3.8, 4) is 11.5 Å². The molecule has 0 aliphatic rings. The largest absolute Gasteiger partial charge is 0.463 e. The summed E-state index contributed by atoms with van der Waals surface area (Å²) in [5.41, 5.74) is 3.13. The van der Waals surface area contributed by atoms with E-state index < -0.39 is 0 Å². The molecule has 150 valence electrons. The van der Waals surface area contributed by atoms with Crippen molar-refractivity contribution in [3.63, 3.8) is 0 Å². The van der Waals surface area contributed by atoms with Crippen LogP contribution >= 0.6 is 0 Å². The maximum atomic E-state index is 13.2. The molecule has 4 aromatic heterocycles. The molecule has 0 spiro atoms. The summed E-state index contributed by atoms with van der Waals surface area (Å²) in [4.78, 5) is 34.7. The van der Waals surface area contributed by atoms with E-state index in [4.69, 9.17) is 4.42 Å². The van der Waals surface area contributed by atoms with Crippen LogP contribution in [0, 0.1) is 0 Å². The van der Waals surface area contributed by atoms with E-state index >= 15 is 0 Å². The lowest BCUT2D eigenvalue weighted by molar-refractivity contribution is 0.102. The first kappa shape index (κ1) is 17.9. The number of aromatic nitrogens is 5. The summed E-state index contributed by atoms with van der Waals surface area (Å²) in [6.07, 6.45) is 3.21. The smallest absolute Gasteiger partial charge is 0.323 e. The number of carbonyl (C=O) groups excluding carboxylic acids is 1. The number of amides is 1. The van der Waals surface area contributed by atoms with Crippen LogP contribution in [0.5, 0.6) is 0 Å². The number of nitrogens with one attached hydrogen (secondary N) is 3. The lowest BCUT2D eigenvalue weighted by Crippen LogP contribution is -2.13. The zero-order chi connectivity index (χ0) is 20.8. The first-order valence-electron chi connectivity index (χ1n) is 9.45. The quantitative estimate of drug-likeness (QED) is 0.423. The fraction of sp³-hybridized carbons (Fsp3) is 0.143. The molecule has 3 N–H and O–H groups in total. The average molecular weight is 402 g/mol. The number of hydrogen-bond donors (Lipinski definition) is 3. The van der Waals surface area contributed by atoms with Crippen molar-refractivity contribution in [2.24, 2.45) is 0 Å². The number of H-pyrrole nitrogens is 2. The SMILES string of the molecule is CC(C)n1ncc2c(C(=O)Nc3ccc4[nH]c(=O)[nH]c4c3)cc(-c3ccco3)nc21. The van der Waals surface area contributed by atoms with Gasteiger partial charge in [-0.3, -0.25) is 4.79 Å². The molecular formula is C21H18N6O3. The monoisotopic (exact) mass is 402 g/mol. The molecule has 0 saturated carbocycles. The number of imidazole rings is 1. The third kappa shape index (κ3) is 2.96. The van der Waals surface area contributed by atoms with Crippen LogP contribution in [-0.2, 0) is 0 Å². The van der Waals surface area contributed by atoms with Crippen LogP contribution in [0.15, 0.2) is 58.1 Å². The van der Waals surface area contributed by atoms with E-state index in [-0.39, 0.29) is 17.6 Å². The van der Waals surface area contributed by atoms with E-state index in [0.717, 1.165) is 0 Å². The molecule has 1 aromatic carbocycles. The highest BCUT2D eigenvalue weighted by Gasteiger charge is 2.19. The van der Waals surface area contributed by atoms with Crippen LogP contribution in [0.2, 0.25) is 0 Å². The van der Waals surface area contributed by atoms with Gasteiger partial charge < -0.3 is 19.7 Å². The molecule has 5 aromatic rings. The molecule has 9 heteroatoms. The van der Waals surface area contributed by atoms with E-state index in [1.807, 2.05) is 13.8 Å². The topological polar surface area (TPSA) is 122 Å². The van der Waals surface area contributed by atoms with Crippen LogP contribution in [0.1, 0.15) is 30.2 Å². The second-order valence-corrected chi connectivity index (χ2v) is 7.25.